The Morgan fingerprint density at radius 1 is 0.962 bits per heavy atom. The minimum Gasteiger partial charge on any atom is -0.447 e. The monoisotopic (exact) mass is 730 g/mol. The van der Waals surface area contributed by atoms with Gasteiger partial charge in [0.15, 0.2) is 0 Å². The predicted octanol–water partition coefficient (Wildman–Crippen LogP) is 4.29. The molecule has 5 N–H and O–H groups in total. The second kappa shape index (κ2) is 20.4. The zero-order valence-electron chi connectivity index (χ0n) is 33.1. The first-order chi connectivity index (χ1) is 24.4. The van der Waals surface area contributed by atoms with E-state index in [-0.39, 0.29) is 43.1 Å². The van der Waals surface area contributed by atoms with Crippen LogP contribution in [0.2, 0.25) is 0 Å². The molecule has 0 radical (unpaired) electrons. The number of hydrogen-bond donors (Lipinski definition) is 5. The largest absolute Gasteiger partial charge is 0.447 e. The number of carbonyl (C=O) groups excluding carboxylic acids is 6. The van der Waals surface area contributed by atoms with Gasteiger partial charge in [-0.05, 0) is 60.7 Å². The third-order valence-corrected chi connectivity index (χ3v) is 10.4. The minimum absolute atomic E-state index is 0.0199. The van der Waals surface area contributed by atoms with Crippen molar-refractivity contribution in [2.45, 2.75) is 144 Å². The number of rotatable bonds is 17. The van der Waals surface area contributed by atoms with Gasteiger partial charge in [-0.25, -0.2) is 9.59 Å². The van der Waals surface area contributed by atoms with Gasteiger partial charge < -0.3 is 36.2 Å². The molecule has 5 atom stereocenters. The highest BCUT2D eigenvalue weighted by atomic mass is 16.5. The van der Waals surface area contributed by atoms with Gasteiger partial charge in [0.1, 0.15) is 18.7 Å². The van der Waals surface area contributed by atoms with Crippen molar-refractivity contribution in [1.82, 2.24) is 31.5 Å². The van der Waals surface area contributed by atoms with Crippen LogP contribution in [-0.4, -0.2) is 90.9 Å². The van der Waals surface area contributed by atoms with Crippen LogP contribution in [-0.2, 0) is 23.9 Å². The molecule has 52 heavy (non-hydrogen) atoms. The van der Waals surface area contributed by atoms with E-state index in [0.29, 0.717) is 45.3 Å². The number of nitrogens with zero attached hydrogens (tertiary/aromatic N) is 1. The number of alkyl carbamates (subject to hydrolysis) is 1. The van der Waals surface area contributed by atoms with Crippen molar-refractivity contribution in [2.75, 3.05) is 26.2 Å². The van der Waals surface area contributed by atoms with Crippen LogP contribution >= 0.6 is 0 Å². The van der Waals surface area contributed by atoms with E-state index in [4.69, 9.17) is 11.2 Å². The summed E-state index contributed by atoms with van der Waals surface area (Å²) in [4.78, 5) is 82.4. The fourth-order valence-corrected chi connectivity index (χ4v) is 7.02. The smallest absolute Gasteiger partial charge is 0.407 e. The lowest BCUT2D eigenvalue weighted by molar-refractivity contribution is -0.145. The number of ketones is 1. The topological polar surface area (TPSA) is 175 Å². The van der Waals surface area contributed by atoms with Crippen LogP contribution in [0.5, 0.6) is 0 Å². The number of amides is 6. The highest BCUT2D eigenvalue weighted by Crippen LogP contribution is 2.41. The van der Waals surface area contributed by atoms with E-state index in [1.807, 2.05) is 62.3 Å². The Morgan fingerprint density at radius 3 is 2.17 bits per heavy atom. The van der Waals surface area contributed by atoms with Crippen LogP contribution in [0.15, 0.2) is 0 Å². The molecule has 0 aromatic heterocycles. The first kappa shape index (κ1) is 44.3. The molecule has 1 aliphatic carbocycles. The molecule has 2 unspecified atom stereocenters. The molecule has 1 saturated heterocycles. The number of urea groups is 1. The first-order valence-corrected chi connectivity index (χ1v) is 19.2. The van der Waals surface area contributed by atoms with Crippen LogP contribution < -0.4 is 26.6 Å². The molecule has 6 amide bonds. The maximum Gasteiger partial charge on any atom is 0.407 e. The van der Waals surface area contributed by atoms with E-state index in [2.05, 4.69) is 32.5 Å². The van der Waals surface area contributed by atoms with Crippen molar-refractivity contribution in [2.24, 2.45) is 28.6 Å². The minimum atomic E-state index is -1.15. The number of hydrogen-bond acceptors (Lipinski definition) is 7. The first-order valence-electron chi connectivity index (χ1n) is 19.2. The normalized spacial score (nSPS) is 20.2. The summed E-state index contributed by atoms with van der Waals surface area (Å²) in [7, 11) is 0. The van der Waals surface area contributed by atoms with Crippen molar-refractivity contribution in [3.05, 3.63) is 0 Å². The van der Waals surface area contributed by atoms with Crippen LogP contribution in [0.3, 0.4) is 0 Å². The van der Waals surface area contributed by atoms with Gasteiger partial charge >= 0.3 is 12.1 Å². The second-order valence-corrected chi connectivity index (χ2v) is 16.7. The van der Waals surface area contributed by atoms with E-state index < -0.39 is 64.7 Å². The summed E-state index contributed by atoms with van der Waals surface area (Å²) in [5, 5.41) is 14.0. The van der Waals surface area contributed by atoms with Crippen LogP contribution in [0.4, 0.5) is 9.59 Å². The van der Waals surface area contributed by atoms with Crippen molar-refractivity contribution in [3.63, 3.8) is 0 Å². The Morgan fingerprint density at radius 2 is 1.62 bits per heavy atom. The molecular weight excluding hydrogens is 664 g/mol. The van der Waals surface area contributed by atoms with Gasteiger partial charge in [-0.15, -0.1) is 12.3 Å². The number of likely N-dealkylation sites (tertiary alicyclic amines) is 1. The Hall–Kier alpha value is -3.82. The van der Waals surface area contributed by atoms with E-state index in [1.54, 1.807) is 4.90 Å². The highest BCUT2D eigenvalue weighted by Gasteiger charge is 2.50. The van der Waals surface area contributed by atoms with Crippen molar-refractivity contribution in [1.29, 1.82) is 0 Å². The molecule has 0 bridgehead atoms. The average Bonchev–Trinajstić information content (AvgIpc) is 3.54. The van der Waals surface area contributed by atoms with Crippen LogP contribution in [0.25, 0.3) is 0 Å². The summed E-state index contributed by atoms with van der Waals surface area (Å²) in [5.74, 6) is 0.0512. The average molecular weight is 731 g/mol. The van der Waals surface area contributed by atoms with Gasteiger partial charge in [-0.2, -0.15) is 0 Å². The lowest BCUT2D eigenvalue weighted by Gasteiger charge is -2.43. The standard InChI is InChI=1S/C39H66N6O7/c1-11-13-17-28(31(46)34(48)40-21-12-2)42-33(47)30-27(26(5)6)18-22-45(30)35(49)32(39(10)19-15-14-16-20-39)44-36(50)43-29(38(7,8)9)24-52-37(51)41-23-25(3)4/h1,25-30,32H,12-24H2,2-10H3,(H,40,48)(H,41,51)(H,42,47)(H2,43,44,50)/t27-,28?,29-,30+,32?/m1/s1. The number of Topliss-reactive ketones (excluding diaryl/α,β-unsaturated/α-hetero) is 1. The number of terminal acetylenes is 1. The Labute approximate surface area is 311 Å². The van der Waals surface area contributed by atoms with E-state index in [1.165, 1.54) is 0 Å². The molecule has 294 valence electrons. The Balaban J connectivity index is 2.39. The van der Waals surface area contributed by atoms with E-state index in [9.17, 15) is 28.8 Å². The SMILES string of the molecule is C#CCCC(NC(=O)[C@@H]1[C@@H](C(C)C)CCN1C(=O)C(NC(=O)N[C@H](COC(=O)NCC(C)C)C(C)(C)C)C1(C)CCCCC1)C(=O)C(=O)NCCC. The molecule has 2 rings (SSSR count). The molecule has 1 heterocycles. The molecule has 1 saturated carbocycles. The fraction of sp³-hybridized carbons (Fsp3) is 0.795. The molecular formula is C39H66N6O7. The third kappa shape index (κ3) is 13.0. The number of carbonyl (C=O) groups is 6. The van der Waals surface area contributed by atoms with Gasteiger partial charge in [0, 0.05) is 26.1 Å². The molecule has 1 aliphatic heterocycles. The van der Waals surface area contributed by atoms with Gasteiger partial charge in [-0.3, -0.25) is 19.2 Å². The fourth-order valence-electron chi connectivity index (χ4n) is 7.02. The van der Waals surface area contributed by atoms with Crippen molar-refractivity contribution < 1.29 is 33.5 Å². The summed E-state index contributed by atoms with van der Waals surface area (Å²) in [5.41, 5.74) is -1.08. The number of ether oxygens (including phenoxy) is 1. The molecule has 0 spiro atoms. The van der Waals surface area contributed by atoms with Crippen molar-refractivity contribution >= 4 is 35.6 Å². The lowest BCUT2D eigenvalue weighted by Crippen LogP contribution is -2.63. The van der Waals surface area contributed by atoms with Gasteiger partial charge in [-0.1, -0.05) is 81.6 Å². The molecule has 13 nitrogen and oxygen atoms in total. The summed E-state index contributed by atoms with van der Waals surface area (Å²) in [6.07, 6.45) is 10.6. The van der Waals surface area contributed by atoms with Gasteiger partial charge in [0.25, 0.3) is 5.91 Å². The molecule has 0 aromatic carbocycles. The maximum atomic E-state index is 14.8. The maximum absolute atomic E-state index is 14.8. The zero-order valence-corrected chi connectivity index (χ0v) is 33.1. The Kier molecular flexibility index (Phi) is 17.4. The molecule has 2 fully saturated rings. The van der Waals surface area contributed by atoms with Crippen LogP contribution in [0.1, 0.15) is 120 Å². The molecule has 0 aromatic rings. The van der Waals surface area contributed by atoms with E-state index >= 15 is 0 Å². The van der Waals surface area contributed by atoms with E-state index in [0.717, 1.165) is 19.3 Å². The Bertz CT molecular complexity index is 1280. The lowest BCUT2D eigenvalue weighted by atomic mass is 9.70. The summed E-state index contributed by atoms with van der Waals surface area (Å²) in [6.45, 7) is 18.6. The quantitative estimate of drug-likeness (QED) is 0.110. The highest BCUT2D eigenvalue weighted by molar-refractivity contribution is 6.38. The summed E-state index contributed by atoms with van der Waals surface area (Å²) >= 11 is 0. The summed E-state index contributed by atoms with van der Waals surface area (Å²) in [6, 6.07) is -4.18. The second-order valence-electron chi connectivity index (χ2n) is 16.7. The van der Waals surface area contributed by atoms with Gasteiger partial charge in [0.2, 0.25) is 17.6 Å². The van der Waals surface area contributed by atoms with Gasteiger partial charge in [0.05, 0.1) is 12.1 Å². The number of nitrogens with one attached hydrogen (secondary N) is 5. The molecule has 2 aliphatic rings. The predicted molar refractivity (Wildman–Crippen MR) is 201 cm³/mol. The van der Waals surface area contributed by atoms with Crippen LogP contribution in [0, 0.1) is 40.9 Å². The summed E-state index contributed by atoms with van der Waals surface area (Å²) < 4.78 is 5.46. The zero-order chi connectivity index (χ0) is 39.2. The van der Waals surface area contributed by atoms with Crippen molar-refractivity contribution in [3.8, 4) is 12.3 Å². The molecule has 13 heteroatoms. The third-order valence-electron chi connectivity index (χ3n) is 10.4.